The molecular weight excluding hydrogens is 330 g/mol. The second-order valence-corrected chi connectivity index (χ2v) is 5.86. The van der Waals surface area contributed by atoms with Crippen LogP contribution in [0.1, 0.15) is 31.7 Å². The molecule has 7 heteroatoms. The predicted octanol–water partition coefficient (Wildman–Crippen LogP) is 2.01. The Bertz CT molecular complexity index is 654. The fourth-order valence-corrected chi connectivity index (χ4v) is 2.85. The van der Waals surface area contributed by atoms with E-state index in [1.165, 1.54) is 18.4 Å². The van der Waals surface area contributed by atoms with Crippen LogP contribution in [-0.4, -0.2) is 43.9 Å². The number of thiophene rings is 1. The van der Waals surface area contributed by atoms with Crippen molar-refractivity contribution in [2.75, 3.05) is 26.9 Å². The lowest BCUT2D eigenvalue weighted by atomic mass is 10.1. The predicted molar refractivity (Wildman–Crippen MR) is 90.2 cm³/mol. The van der Waals surface area contributed by atoms with Crippen molar-refractivity contribution in [3.05, 3.63) is 57.8 Å². The zero-order chi connectivity index (χ0) is 17.4. The third-order valence-corrected chi connectivity index (χ3v) is 4.25. The second-order valence-electron chi connectivity index (χ2n) is 4.88. The minimum atomic E-state index is -0.447. The monoisotopic (exact) mass is 349 g/mol. The number of benzene rings is 1. The van der Waals surface area contributed by atoms with Crippen LogP contribution in [0.15, 0.2) is 41.8 Å². The molecule has 1 heterocycles. The number of amides is 1. The van der Waals surface area contributed by atoms with Gasteiger partial charge in [-0.05, 0) is 35.7 Å². The molecule has 2 rings (SSSR count). The Balaban J connectivity index is 1.96. The summed E-state index contributed by atoms with van der Waals surface area (Å²) >= 11 is 1.53. The molecule has 6 nitrogen and oxygen atoms in total. The van der Waals surface area contributed by atoms with Crippen LogP contribution in [0, 0.1) is 0 Å². The largest absolute Gasteiger partial charge is 0.465 e. The fraction of sp³-hybridized carbons (Fsp3) is 0.294. The maximum absolute atomic E-state index is 12.2. The molecule has 0 radical (unpaired) electrons. The summed E-state index contributed by atoms with van der Waals surface area (Å²) in [6.07, 6.45) is -0.310. The van der Waals surface area contributed by atoms with Gasteiger partial charge in [0.1, 0.15) is 6.10 Å². The average molecular weight is 349 g/mol. The van der Waals surface area contributed by atoms with Crippen LogP contribution in [0.2, 0.25) is 0 Å². The number of carbonyl (C=O) groups is 2. The molecule has 24 heavy (non-hydrogen) atoms. The Hall–Kier alpha value is -2.22. The van der Waals surface area contributed by atoms with E-state index in [4.69, 9.17) is 9.84 Å². The van der Waals surface area contributed by atoms with Gasteiger partial charge in [0, 0.05) is 17.0 Å². The zero-order valence-corrected chi connectivity index (χ0v) is 14.0. The lowest BCUT2D eigenvalue weighted by Crippen LogP contribution is -2.29. The van der Waals surface area contributed by atoms with E-state index in [1.807, 2.05) is 17.5 Å². The first kappa shape index (κ1) is 18.1. The highest BCUT2D eigenvalue weighted by Gasteiger charge is 2.15. The van der Waals surface area contributed by atoms with Crippen LogP contribution in [-0.2, 0) is 9.47 Å². The van der Waals surface area contributed by atoms with Gasteiger partial charge in [-0.15, -0.1) is 11.3 Å². The van der Waals surface area contributed by atoms with E-state index in [9.17, 15) is 9.59 Å². The van der Waals surface area contributed by atoms with E-state index < -0.39 is 5.97 Å². The topological polar surface area (TPSA) is 84.9 Å². The van der Waals surface area contributed by atoms with Crippen molar-refractivity contribution in [3.8, 4) is 0 Å². The van der Waals surface area contributed by atoms with E-state index in [0.717, 1.165) is 4.88 Å². The van der Waals surface area contributed by atoms with Gasteiger partial charge in [-0.2, -0.15) is 0 Å². The first-order chi connectivity index (χ1) is 11.7. The molecule has 1 amide bonds. The maximum Gasteiger partial charge on any atom is 0.337 e. The Morgan fingerprint density at radius 3 is 2.50 bits per heavy atom. The van der Waals surface area contributed by atoms with Crippen molar-refractivity contribution >= 4 is 23.2 Å². The van der Waals surface area contributed by atoms with E-state index in [-0.39, 0.29) is 31.8 Å². The van der Waals surface area contributed by atoms with E-state index in [2.05, 4.69) is 10.1 Å². The molecule has 0 saturated heterocycles. The van der Waals surface area contributed by atoms with E-state index >= 15 is 0 Å². The summed E-state index contributed by atoms with van der Waals surface area (Å²) in [7, 11) is 1.31. The fourth-order valence-electron chi connectivity index (χ4n) is 2.07. The number of rotatable bonds is 8. The highest BCUT2D eigenvalue weighted by atomic mass is 32.1. The molecule has 0 spiro atoms. The molecule has 0 aliphatic carbocycles. The van der Waals surface area contributed by atoms with Gasteiger partial charge < -0.3 is 19.9 Å². The van der Waals surface area contributed by atoms with E-state index in [0.29, 0.717) is 11.1 Å². The summed E-state index contributed by atoms with van der Waals surface area (Å²) in [5.41, 5.74) is 0.825. The number of methoxy groups -OCH3 is 1. The smallest absolute Gasteiger partial charge is 0.337 e. The Kier molecular flexibility index (Phi) is 6.92. The summed E-state index contributed by atoms with van der Waals surface area (Å²) in [6, 6.07) is 10.0. The first-order valence-corrected chi connectivity index (χ1v) is 8.26. The van der Waals surface area contributed by atoms with Gasteiger partial charge in [-0.1, -0.05) is 6.07 Å². The van der Waals surface area contributed by atoms with Gasteiger partial charge in [0.15, 0.2) is 0 Å². The normalized spacial score (nSPS) is 11.8. The van der Waals surface area contributed by atoms with Crippen molar-refractivity contribution < 1.29 is 24.2 Å². The summed E-state index contributed by atoms with van der Waals surface area (Å²) < 4.78 is 10.2. The molecule has 0 aliphatic rings. The van der Waals surface area contributed by atoms with Crippen LogP contribution >= 0.6 is 11.3 Å². The van der Waals surface area contributed by atoms with Crippen molar-refractivity contribution in [2.45, 2.75) is 6.10 Å². The van der Waals surface area contributed by atoms with Gasteiger partial charge in [0.2, 0.25) is 0 Å². The molecule has 1 atom stereocenters. The minimum absolute atomic E-state index is 0.0786. The Morgan fingerprint density at radius 1 is 1.21 bits per heavy atom. The second kappa shape index (κ2) is 9.17. The standard InChI is InChI=1S/C17H19NO5S/c1-22-17(21)13-6-4-12(5-7-13)16(20)18-11-14(23-9-8-19)15-3-2-10-24-15/h2-7,10,14,19H,8-9,11H2,1H3,(H,18,20). The molecule has 1 aromatic heterocycles. The average Bonchev–Trinajstić information content (AvgIpc) is 3.15. The van der Waals surface area contributed by atoms with Crippen molar-refractivity contribution in [3.63, 3.8) is 0 Å². The third-order valence-electron chi connectivity index (χ3n) is 3.29. The number of hydrogen-bond donors (Lipinski definition) is 2. The van der Waals surface area contributed by atoms with Crippen molar-refractivity contribution in [1.82, 2.24) is 5.32 Å². The zero-order valence-electron chi connectivity index (χ0n) is 13.2. The highest BCUT2D eigenvalue weighted by Crippen LogP contribution is 2.22. The van der Waals surface area contributed by atoms with Crippen LogP contribution < -0.4 is 5.32 Å². The number of carbonyl (C=O) groups excluding carboxylic acids is 2. The summed E-state index contributed by atoms with van der Waals surface area (Å²) in [6.45, 7) is 0.412. The molecule has 0 fully saturated rings. The third kappa shape index (κ3) is 4.89. The van der Waals surface area contributed by atoms with E-state index in [1.54, 1.807) is 24.3 Å². The molecular formula is C17H19NO5S. The van der Waals surface area contributed by atoms with Gasteiger partial charge >= 0.3 is 5.97 Å². The molecule has 2 N–H and O–H groups in total. The molecule has 1 unspecified atom stereocenters. The number of hydrogen-bond acceptors (Lipinski definition) is 6. The van der Waals surface area contributed by atoms with Gasteiger partial charge in [0.05, 0.1) is 25.9 Å². The van der Waals surface area contributed by atoms with Crippen LogP contribution in [0.3, 0.4) is 0 Å². The number of ether oxygens (including phenoxy) is 2. The van der Waals surface area contributed by atoms with Gasteiger partial charge in [-0.25, -0.2) is 4.79 Å². The molecule has 0 saturated carbocycles. The van der Waals surface area contributed by atoms with Gasteiger partial charge in [0.25, 0.3) is 5.91 Å². The molecule has 2 aromatic rings. The quantitative estimate of drug-likeness (QED) is 0.712. The summed E-state index contributed by atoms with van der Waals surface area (Å²) in [5.74, 6) is -0.710. The maximum atomic E-state index is 12.2. The Labute approximate surface area is 144 Å². The molecule has 128 valence electrons. The molecule has 1 aromatic carbocycles. The molecule has 0 aliphatic heterocycles. The lowest BCUT2D eigenvalue weighted by molar-refractivity contribution is 0.0296. The van der Waals surface area contributed by atoms with Gasteiger partial charge in [-0.3, -0.25) is 4.79 Å². The highest BCUT2D eigenvalue weighted by molar-refractivity contribution is 7.10. The van der Waals surface area contributed by atoms with Crippen LogP contribution in [0.5, 0.6) is 0 Å². The SMILES string of the molecule is COC(=O)c1ccc(C(=O)NCC(OCCO)c2cccs2)cc1. The van der Waals surface area contributed by atoms with Crippen LogP contribution in [0.4, 0.5) is 0 Å². The number of aliphatic hydroxyl groups excluding tert-OH is 1. The lowest BCUT2D eigenvalue weighted by Gasteiger charge is -2.17. The summed E-state index contributed by atoms with van der Waals surface area (Å²) in [4.78, 5) is 24.6. The number of aliphatic hydroxyl groups is 1. The molecule has 0 bridgehead atoms. The first-order valence-electron chi connectivity index (χ1n) is 7.38. The number of nitrogens with one attached hydrogen (secondary N) is 1. The van der Waals surface area contributed by atoms with Crippen molar-refractivity contribution in [1.29, 1.82) is 0 Å². The Morgan fingerprint density at radius 2 is 1.92 bits per heavy atom. The van der Waals surface area contributed by atoms with Crippen LogP contribution in [0.25, 0.3) is 0 Å². The summed E-state index contributed by atoms with van der Waals surface area (Å²) in [5, 5.41) is 13.6. The minimum Gasteiger partial charge on any atom is -0.465 e. The van der Waals surface area contributed by atoms with Crippen molar-refractivity contribution in [2.24, 2.45) is 0 Å². The number of esters is 1.